The molecule has 1 amide bonds. The average Bonchev–Trinajstić information content (AvgIpc) is 2.37. The lowest BCUT2D eigenvalue weighted by atomic mass is 10.0. The van der Waals surface area contributed by atoms with Gasteiger partial charge in [0.25, 0.3) is 0 Å². The van der Waals surface area contributed by atoms with E-state index in [9.17, 15) is 4.79 Å². The first-order valence-electron chi connectivity index (χ1n) is 6.46. The Hall–Kier alpha value is -1.71. The van der Waals surface area contributed by atoms with Crippen LogP contribution >= 0.6 is 0 Å². The van der Waals surface area contributed by atoms with Crippen LogP contribution in [0.15, 0.2) is 36.3 Å². The van der Waals surface area contributed by atoms with Crippen molar-refractivity contribution in [2.24, 2.45) is 0 Å². The standard InChI is InChI=1S/C15H24N2O2/c1-7-12-9-16-14(18)13(8-10(12)2)17-11(3)19-15(4,5)6/h7,13,17H,1,3,8-9H2,2,4-6H3,(H,16,18). The first kappa shape index (κ1) is 15.3. The van der Waals surface area contributed by atoms with E-state index >= 15 is 0 Å². The predicted molar refractivity (Wildman–Crippen MR) is 77.4 cm³/mol. The van der Waals surface area contributed by atoms with E-state index in [1.54, 1.807) is 6.08 Å². The van der Waals surface area contributed by atoms with Crippen LogP contribution in [0.3, 0.4) is 0 Å². The molecule has 1 heterocycles. The fraction of sp³-hybridized carbons (Fsp3) is 0.533. The summed E-state index contributed by atoms with van der Waals surface area (Å²) in [7, 11) is 0. The highest BCUT2D eigenvalue weighted by molar-refractivity contribution is 5.83. The minimum absolute atomic E-state index is 0.0464. The molecule has 4 heteroatoms. The van der Waals surface area contributed by atoms with Gasteiger partial charge >= 0.3 is 0 Å². The maximum absolute atomic E-state index is 12.0. The maximum atomic E-state index is 12.0. The van der Waals surface area contributed by atoms with Gasteiger partial charge in [-0.3, -0.25) is 4.79 Å². The summed E-state index contributed by atoms with van der Waals surface area (Å²) in [5, 5.41) is 5.91. The Morgan fingerprint density at radius 2 is 2.16 bits per heavy atom. The molecule has 0 aliphatic carbocycles. The van der Waals surface area contributed by atoms with Crippen LogP contribution in [0.1, 0.15) is 34.1 Å². The van der Waals surface area contributed by atoms with Gasteiger partial charge in [-0.1, -0.05) is 18.2 Å². The Morgan fingerprint density at radius 3 is 2.68 bits per heavy atom. The summed E-state index contributed by atoms with van der Waals surface area (Å²) in [6.07, 6.45) is 2.41. The van der Waals surface area contributed by atoms with E-state index in [0.717, 1.165) is 11.1 Å². The van der Waals surface area contributed by atoms with Gasteiger partial charge in [-0.2, -0.15) is 0 Å². The Kier molecular flexibility index (Phi) is 4.81. The summed E-state index contributed by atoms with van der Waals surface area (Å²) >= 11 is 0. The van der Waals surface area contributed by atoms with Crippen LogP contribution < -0.4 is 10.6 Å². The number of hydrogen-bond acceptors (Lipinski definition) is 3. The van der Waals surface area contributed by atoms with Crippen molar-refractivity contribution in [2.45, 2.75) is 45.8 Å². The second-order valence-corrected chi connectivity index (χ2v) is 5.77. The Bertz CT molecular complexity index is 416. The first-order chi connectivity index (χ1) is 8.73. The fourth-order valence-electron chi connectivity index (χ4n) is 1.94. The number of nitrogens with one attached hydrogen (secondary N) is 2. The Balaban J connectivity index is 2.72. The highest BCUT2D eigenvalue weighted by Crippen LogP contribution is 2.17. The summed E-state index contributed by atoms with van der Waals surface area (Å²) in [4.78, 5) is 12.0. The largest absolute Gasteiger partial charge is 0.474 e. The molecule has 0 aromatic rings. The molecule has 4 nitrogen and oxygen atoms in total. The lowest BCUT2D eigenvalue weighted by Crippen LogP contribution is -2.44. The first-order valence-corrected chi connectivity index (χ1v) is 6.46. The van der Waals surface area contributed by atoms with Gasteiger partial charge in [0.05, 0.1) is 0 Å². The van der Waals surface area contributed by atoms with Crippen molar-refractivity contribution in [2.75, 3.05) is 6.54 Å². The molecule has 0 bridgehead atoms. The molecule has 1 unspecified atom stereocenters. The molecule has 1 aliphatic heterocycles. The lowest BCUT2D eigenvalue weighted by Gasteiger charge is -2.26. The van der Waals surface area contributed by atoms with Crippen molar-refractivity contribution < 1.29 is 9.53 Å². The molecule has 19 heavy (non-hydrogen) atoms. The van der Waals surface area contributed by atoms with Gasteiger partial charge in [-0.25, -0.2) is 0 Å². The van der Waals surface area contributed by atoms with Gasteiger partial charge in [0.1, 0.15) is 11.6 Å². The van der Waals surface area contributed by atoms with Gasteiger partial charge in [0.15, 0.2) is 5.88 Å². The molecule has 0 aromatic carbocycles. The molecule has 0 saturated carbocycles. The number of carbonyl (C=O) groups is 1. The number of carbonyl (C=O) groups excluding carboxylic acids is 1. The van der Waals surface area contributed by atoms with Crippen molar-refractivity contribution in [3.05, 3.63) is 36.3 Å². The van der Waals surface area contributed by atoms with Gasteiger partial charge in [-0.05, 0) is 46.3 Å². The molecule has 2 N–H and O–H groups in total. The molecule has 106 valence electrons. The van der Waals surface area contributed by atoms with Crippen LogP contribution in [-0.4, -0.2) is 24.1 Å². The minimum Gasteiger partial charge on any atom is -0.474 e. The van der Waals surface area contributed by atoms with Crippen LogP contribution in [0.2, 0.25) is 0 Å². The third-order valence-corrected chi connectivity index (χ3v) is 2.84. The number of hydrogen-bond donors (Lipinski definition) is 2. The van der Waals surface area contributed by atoms with Crippen LogP contribution in [0, 0.1) is 0 Å². The predicted octanol–water partition coefficient (Wildman–Crippen LogP) is 2.25. The summed E-state index contributed by atoms with van der Waals surface area (Å²) in [5.74, 6) is 0.373. The molecule has 0 spiro atoms. The molecule has 0 fully saturated rings. The SMILES string of the molecule is C=CC1=C(C)CC(NC(=C)OC(C)(C)C)C(=O)NC1. The zero-order valence-corrected chi connectivity index (χ0v) is 12.3. The third kappa shape index (κ3) is 4.81. The maximum Gasteiger partial charge on any atom is 0.243 e. The Labute approximate surface area is 115 Å². The number of amides is 1. The second kappa shape index (κ2) is 5.95. The van der Waals surface area contributed by atoms with Crippen LogP contribution in [0.4, 0.5) is 0 Å². The van der Waals surface area contributed by atoms with E-state index in [1.165, 1.54) is 0 Å². The van der Waals surface area contributed by atoms with Crippen molar-refractivity contribution in [1.82, 2.24) is 10.6 Å². The van der Waals surface area contributed by atoms with Gasteiger partial charge in [0.2, 0.25) is 5.91 Å². The minimum atomic E-state index is -0.354. The summed E-state index contributed by atoms with van der Waals surface area (Å²) in [5.41, 5.74) is 1.89. The zero-order valence-electron chi connectivity index (χ0n) is 12.3. The highest BCUT2D eigenvalue weighted by atomic mass is 16.5. The van der Waals surface area contributed by atoms with Gasteiger partial charge in [0, 0.05) is 6.54 Å². The van der Waals surface area contributed by atoms with Crippen molar-refractivity contribution in [3.63, 3.8) is 0 Å². The third-order valence-electron chi connectivity index (χ3n) is 2.84. The lowest BCUT2D eigenvalue weighted by molar-refractivity contribution is -0.123. The normalized spacial score (nSPS) is 20.4. The highest BCUT2D eigenvalue weighted by Gasteiger charge is 2.24. The van der Waals surface area contributed by atoms with E-state index in [0.29, 0.717) is 18.8 Å². The van der Waals surface area contributed by atoms with Crippen molar-refractivity contribution in [1.29, 1.82) is 0 Å². The quantitative estimate of drug-likeness (QED) is 0.766. The summed E-state index contributed by atoms with van der Waals surface area (Å²) in [6.45, 7) is 15.9. The zero-order chi connectivity index (χ0) is 14.6. The molecule has 1 aliphatic rings. The smallest absolute Gasteiger partial charge is 0.243 e. The summed E-state index contributed by atoms with van der Waals surface area (Å²) < 4.78 is 5.60. The van der Waals surface area contributed by atoms with Crippen LogP contribution in [0.25, 0.3) is 0 Å². The molecular formula is C15H24N2O2. The Morgan fingerprint density at radius 1 is 1.53 bits per heavy atom. The average molecular weight is 264 g/mol. The van der Waals surface area contributed by atoms with Crippen LogP contribution in [-0.2, 0) is 9.53 Å². The fourth-order valence-corrected chi connectivity index (χ4v) is 1.94. The topological polar surface area (TPSA) is 50.4 Å². The molecule has 0 saturated heterocycles. The molecule has 0 aromatic heterocycles. The van der Waals surface area contributed by atoms with Crippen LogP contribution in [0.5, 0.6) is 0 Å². The molecule has 0 radical (unpaired) electrons. The summed E-state index contributed by atoms with van der Waals surface area (Å²) in [6, 6.07) is -0.354. The van der Waals surface area contributed by atoms with E-state index in [1.807, 2.05) is 27.7 Å². The van der Waals surface area contributed by atoms with Crippen molar-refractivity contribution >= 4 is 5.91 Å². The number of ether oxygens (including phenoxy) is 1. The number of rotatable bonds is 4. The van der Waals surface area contributed by atoms with Gasteiger partial charge in [-0.15, -0.1) is 0 Å². The van der Waals surface area contributed by atoms with Crippen molar-refractivity contribution in [3.8, 4) is 0 Å². The van der Waals surface area contributed by atoms with Gasteiger partial charge < -0.3 is 15.4 Å². The second-order valence-electron chi connectivity index (χ2n) is 5.77. The molecule has 1 rings (SSSR count). The van der Waals surface area contributed by atoms with E-state index in [4.69, 9.17) is 4.74 Å². The van der Waals surface area contributed by atoms with E-state index in [2.05, 4.69) is 23.8 Å². The monoisotopic (exact) mass is 264 g/mol. The van der Waals surface area contributed by atoms with E-state index in [-0.39, 0.29) is 17.6 Å². The molecule has 1 atom stereocenters. The van der Waals surface area contributed by atoms with E-state index < -0.39 is 0 Å². The molecular weight excluding hydrogens is 240 g/mol.